The second-order valence-corrected chi connectivity index (χ2v) is 11.3. The minimum Gasteiger partial charge on any atom is -0.493 e. The Balaban J connectivity index is 1.54. The van der Waals surface area contributed by atoms with Gasteiger partial charge in [-0.2, -0.15) is 10.2 Å². The molecule has 1 N–H and O–H groups in total. The van der Waals surface area contributed by atoms with Crippen LogP contribution in [0.4, 0.5) is 5.69 Å². The van der Waals surface area contributed by atoms with Crippen LogP contribution in [0.25, 0.3) is 17.2 Å². The number of anilines is 1. The van der Waals surface area contributed by atoms with Crippen LogP contribution in [-0.2, 0) is 25.4 Å². The third-order valence-corrected chi connectivity index (χ3v) is 8.16. The summed E-state index contributed by atoms with van der Waals surface area (Å²) in [6.45, 7) is 3.89. The highest BCUT2D eigenvalue weighted by atomic mass is 35.5. The number of methoxy groups -OCH3 is 1. The van der Waals surface area contributed by atoms with E-state index in [0.717, 1.165) is 15.7 Å². The van der Waals surface area contributed by atoms with Crippen molar-refractivity contribution in [1.29, 1.82) is 5.26 Å². The lowest BCUT2D eigenvalue weighted by Crippen LogP contribution is -2.37. The van der Waals surface area contributed by atoms with Gasteiger partial charge in [-0.25, -0.2) is 4.79 Å². The van der Waals surface area contributed by atoms with Gasteiger partial charge in [0, 0.05) is 29.8 Å². The Morgan fingerprint density at radius 1 is 1.04 bits per heavy atom. The van der Waals surface area contributed by atoms with E-state index >= 15 is 0 Å². The van der Waals surface area contributed by atoms with Gasteiger partial charge in [0.2, 0.25) is 0 Å². The van der Waals surface area contributed by atoms with E-state index in [9.17, 15) is 19.6 Å². The molecule has 0 saturated carbocycles. The number of halogens is 2. The maximum atomic E-state index is 13.3. The van der Waals surface area contributed by atoms with Crippen molar-refractivity contribution in [2.75, 3.05) is 12.4 Å². The Labute approximate surface area is 273 Å². The number of ether oxygens (including phenoxy) is 2. The molecule has 11 nitrogen and oxygen atoms in total. The van der Waals surface area contributed by atoms with Gasteiger partial charge < -0.3 is 14.8 Å². The highest BCUT2D eigenvalue weighted by Crippen LogP contribution is 2.34. The highest BCUT2D eigenvalue weighted by molar-refractivity contribution is 6.35. The van der Waals surface area contributed by atoms with E-state index < -0.39 is 17.2 Å². The van der Waals surface area contributed by atoms with Crippen molar-refractivity contribution in [2.24, 2.45) is 14.1 Å². The summed E-state index contributed by atoms with van der Waals surface area (Å²) in [5, 5.41) is 13.4. The normalized spacial score (nSPS) is 11.4. The smallest absolute Gasteiger partial charge is 0.332 e. The van der Waals surface area contributed by atoms with Gasteiger partial charge in [0.15, 0.2) is 22.7 Å². The Kier molecular flexibility index (Phi) is 9.05. The number of amides is 1. The van der Waals surface area contributed by atoms with Gasteiger partial charge in [-0.1, -0.05) is 47.5 Å². The van der Waals surface area contributed by atoms with Crippen LogP contribution in [0.5, 0.6) is 17.5 Å². The van der Waals surface area contributed by atoms with Gasteiger partial charge in [-0.3, -0.25) is 23.3 Å². The molecule has 234 valence electrons. The summed E-state index contributed by atoms with van der Waals surface area (Å²) in [6, 6.07) is 17.3. The molecule has 2 aromatic heterocycles. The lowest BCUT2D eigenvalue weighted by atomic mass is 10.1. The maximum Gasteiger partial charge on any atom is 0.332 e. The molecule has 0 radical (unpaired) electrons. The van der Waals surface area contributed by atoms with Crippen LogP contribution in [-0.4, -0.2) is 31.7 Å². The summed E-state index contributed by atoms with van der Waals surface area (Å²) in [7, 11) is 4.32. The van der Waals surface area contributed by atoms with Crippen molar-refractivity contribution in [3.63, 3.8) is 0 Å². The highest BCUT2D eigenvalue weighted by Gasteiger charge is 2.23. The lowest BCUT2D eigenvalue weighted by Gasteiger charge is -2.14. The minimum atomic E-state index is -0.568. The molecule has 0 saturated heterocycles. The SMILES string of the molecule is COc1cc(/C=C(/C#N)C(=O)Nc2cccc(C)c2C)ccc1Oc1nc2c(c(=O)n(C)c(=O)n2C)n1Cc1ccc(Cl)cc1Cl. The molecule has 0 fully saturated rings. The average molecular weight is 660 g/mol. The summed E-state index contributed by atoms with van der Waals surface area (Å²) in [5.41, 5.74) is 2.64. The van der Waals surface area contributed by atoms with Crippen LogP contribution in [0, 0.1) is 25.2 Å². The molecule has 0 aliphatic rings. The van der Waals surface area contributed by atoms with Crippen LogP contribution in [0.1, 0.15) is 22.3 Å². The quantitative estimate of drug-likeness (QED) is 0.166. The first-order valence-corrected chi connectivity index (χ1v) is 14.6. The molecule has 5 rings (SSSR count). The molecule has 0 aliphatic heterocycles. The molecule has 13 heteroatoms. The van der Waals surface area contributed by atoms with Crippen molar-refractivity contribution in [3.05, 3.63) is 113 Å². The summed E-state index contributed by atoms with van der Waals surface area (Å²) >= 11 is 12.6. The van der Waals surface area contributed by atoms with E-state index in [4.69, 9.17) is 32.7 Å². The summed E-state index contributed by atoms with van der Waals surface area (Å²) in [4.78, 5) is 43.5. The monoisotopic (exact) mass is 658 g/mol. The fourth-order valence-corrected chi connectivity index (χ4v) is 5.29. The fourth-order valence-electron chi connectivity index (χ4n) is 4.82. The number of imidazole rings is 1. The fraction of sp³-hybridized carbons (Fsp3) is 0.182. The van der Waals surface area contributed by atoms with Crippen LogP contribution in [0.3, 0.4) is 0 Å². The number of hydrogen-bond donors (Lipinski definition) is 1. The third-order valence-electron chi connectivity index (χ3n) is 7.57. The van der Waals surface area contributed by atoms with E-state index in [-0.39, 0.29) is 40.8 Å². The summed E-state index contributed by atoms with van der Waals surface area (Å²) in [5.74, 6) is -0.0817. The van der Waals surface area contributed by atoms with Crippen LogP contribution in [0.2, 0.25) is 10.0 Å². The Morgan fingerprint density at radius 3 is 2.50 bits per heavy atom. The van der Waals surface area contributed by atoms with Crippen LogP contribution in [0.15, 0.2) is 69.8 Å². The molecular formula is C33H28Cl2N6O5. The van der Waals surface area contributed by atoms with Crippen molar-refractivity contribution in [3.8, 4) is 23.6 Å². The molecule has 2 heterocycles. The Hall–Kier alpha value is -5.31. The number of rotatable bonds is 8. The average Bonchev–Trinajstić information content (AvgIpc) is 3.39. The topological polar surface area (TPSA) is 133 Å². The molecule has 0 aliphatic carbocycles. The molecule has 1 amide bonds. The van der Waals surface area contributed by atoms with Crippen molar-refractivity contribution >= 4 is 52.0 Å². The number of aryl methyl sites for hydroxylation is 2. The molecule has 3 aromatic carbocycles. The van der Waals surface area contributed by atoms with E-state index in [0.29, 0.717) is 26.9 Å². The second-order valence-electron chi connectivity index (χ2n) is 10.5. The van der Waals surface area contributed by atoms with Crippen molar-refractivity contribution in [1.82, 2.24) is 18.7 Å². The number of nitriles is 1. The van der Waals surface area contributed by atoms with Crippen molar-refractivity contribution < 1.29 is 14.3 Å². The molecule has 0 spiro atoms. The van der Waals surface area contributed by atoms with E-state index in [1.807, 2.05) is 32.0 Å². The Bertz CT molecular complexity index is 2230. The van der Waals surface area contributed by atoms with Gasteiger partial charge in [0.25, 0.3) is 11.5 Å². The zero-order valence-electron chi connectivity index (χ0n) is 25.5. The standard InChI is InChI=1S/C33H28Cl2N6O5/c1-18-7-6-8-25(19(18)2)37-30(42)22(16-36)13-20-9-12-26(27(14-20)45-5)46-32-38-29-28(31(43)40(4)33(44)39(29)3)41(32)17-21-10-11-23(34)15-24(21)35/h6-15H,17H2,1-5H3,(H,37,42)/b22-13-. The number of benzene rings is 3. The minimum absolute atomic E-state index is 0.00785. The molecule has 46 heavy (non-hydrogen) atoms. The first-order chi connectivity index (χ1) is 21.9. The summed E-state index contributed by atoms with van der Waals surface area (Å²) < 4.78 is 15.5. The first-order valence-electron chi connectivity index (χ1n) is 13.9. The number of fused-ring (bicyclic) bond motifs is 1. The number of nitrogens with one attached hydrogen (secondary N) is 1. The third kappa shape index (κ3) is 6.13. The predicted octanol–water partition coefficient (Wildman–Crippen LogP) is 5.75. The number of aromatic nitrogens is 4. The zero-order chi connectivity index (χ0) is 33.3. The lowest BCUT2D eigenvalue weighted by molar-refractivity contribution is -0.112. The van der Waals surface area contributed by atoms with Gasteiger partial charge in [-0.15, -0.1) is 0 Å². The molecule has 0 unspecified atom stereocenters. The number of nitrogens with zero attached hydrogens (tertiary/aromatic N) is 5. The van der Waals surface area contributed by atoms with Crippen molar-refractivity contribution in [2.45, 2.75) is 20.4 Å². The molecular weight excluding hydrogens is 631 g/mol. The van der Waals surface area contributed by atoms with Gasteiger partial charge in [0.05, 0.1) is 13.7 Å². The molecule has 0 atom stereocenters. The van der Waals surface area contributed by atoms with Crippen LogP contribution < -0.4 is 26.0 Å². The maximum absolute atomic E-state index is 13.3. The van der Waals surface area contributed by atoms with E-state index in [1.54, 1.807) is 42.5 Å². The second kappa shape index (κ2) is 13.0. The van der Waals surface area contributed by atoms with E-state index in [1.165, 1.54) is 36.4 Å². The Morgan fingerprint density at radius 2 is 1.80 bits per heavy atom. The number of carbonyl (C=O) groups excluding carboxylic acids is 1. The molecule has 0 bridgehead atoms. The van der Waals surface area contributed by atoms with Gasteiger partial charge >= 0.3 is 11.7 Å². The zero-order valence-corrected chi connectivity index (χ0v) is 27.0. The number of carbonyl (C=O) groups is 1. The first kappa shape index (κ1) is 32.1. The van der Waals surface area contributed by atoms with Gasteiger partial charge in [0.1, 0.15) is 11.6 Å². The van der Waals surface area contributed by atoms with Gasteiger partial charge in [-0.05, 0) is 72.5 Å². The predicted molar refractivity (Wildman–Crippen MR) is 177 cm³/mol. The molecule has 5 aromatic rings. The number of hydrogen-bond acceptors (Lipinski definition) is 7. The summed E-state index contributed by atoms with van der Waals surface area (Å²) in [6.07, 6.45) is 1.43. The largest absolute Gasteiger partial charge is 0.493 e. The van der Waals surface area contributed by atoms with E-state index in [2.05, 4.69) is 10.3 Å². The van der Waals surface area contributed by atoms with Crippen LogP contribution >= 0.6 is 23.2 Å².